The molecule has 1 aliphatic carbocycles. The van der Waals surface area contributed by atoms with Gasteiger partial charge in [0.2, 0.25) is 0 Å². The molecule has 1 heterocycles. The molecule has 122 valence electrons. The lowest BCUT2D eigenvalue weighted by Gasteiger charge is -2.19. The average Bonchev–Trinajstić information content (AvgIpc) is 2.85. The summed E-state index contributed by atoms with van der Waals surface area (Å²) in [5, 5.41) is 10.2. The molecule has 5 heteroatoms. The van der Waals surface area contributed by atoms with Gasteiger partial charge in [-0.05, 0) is 36.5 Å². The van der Waals surface area contributed by atoms with Gasteiger partial charge >= 0.3 is 6.03 Å². The van der Waals surface area contributed by atoms with Crippen LogP contribution >= 0.6 is 0 Å². The predicted octanol–water partition coefficient (Wildman–Crippen LogP) is 2.73. The first-order valence-corrected chi connectivity index (χ1v) is 8.33. The molecular formula is C18H24N4O. The smallest absolute Gasteiger partial charge is 0.315 e. The number of benzene rings is 1. The van der Waals surface area contributed by atoms with Crippen molar-refractivity contribution in [3.8, 4) is 0 Å². The molecule has 2 amide bonds. The average molecular weight is 312 g/mol. The van der Waals surface area contributed by atoms with E-state index >= 15 is 0 Å². The van der Waals surface area contributed by atoms with Crippen LogP contribution in [0.3, 0.4) is 0 Å². The molecule has 1 aromatic carbocycles. The molecule has 1 aliphatic rings. The van der Waals surface area contributed by atoms with Crippen LogP contribution in [0.5, 0.6) is 0 Å². The number of nitrogens with one attached hydrogen (secondary N) is 2. The highest BCUT2D eigenvalue weighted by molar-refractivity contribution is 5.74. The quantitative estimate of drug-likeness (QED) is 0.853. The Hall–Kier alpha value is -2.30. The van der Waals surface area contributed by atoms with Crippen molar-refractivity contribution in [1.82, 2.24) is 20.4 Å². The Morgan fingerprint density at radius 2 is 2.17 bits per heavy atom. The van der Waals surface area contributed by atoms with Gasteiger partial charge in [0.05, 0.1) is 6.04 Å². The summed E-state index contributed by atoms with van der Waals surface area (Å²) in [5.74, 6) is 0. The Labute approximate surface area is 137 Å². The summed E-state index contributed by atoms with van der Waals surface area (Å²) in [6.45, 7) is 0.611. The fourth-order valence-electron chi connectivity index (χ4n) is 3.23. The van der Waals surface area contributed by atoms with E-state index in [4.69, 9.17) is 0 Å². The van der Waals surface area contributed by atoms with Crippen molar-refractivity contribution < 1.29 is 4.79 Å². The molecule has 2 N–H and O–H groups in total. The van der Waals surface area contributed by atoms with Crippen LogP contribution in [-0.2, 0) is 19.9 Å². The van der Waals surface area contributed by atoms with Gasteiger partial charge in [-0.25, -0.2) is 4.79 Å². The Kier molecular flexibility index (Phi) is 4.95. The maximum atomic E-state index is 12.2. The van der Waals surface area contributed by atoms with Crippen LogP contribution in [0.15, 0.2) is 36.5 Å². The fourth-order valence-corrected chi connectivity index (χ4v) is 3.23. The summed E-state index contributed by atoms with van der Waals surface area (Å²) in [6.07, 6.45) is 7.01. The van der Waals surface area contributed by atoms with E-state index in [9.17, 15) is 4.79 Å². The number of urea groups is 1. The number of aryl methyl sites for hydroxylation is 2. The number of amides is 2. The Balaban J connectivity index is 1.54. The molecular weight excluding hydrogens is 288 g/mol. The Morgan fingerprint density at radius 1 is 1.30 bits per heavy atom. The van der Waals surface area contributed by atoms with E-state index in [2.05, 4.69) is 40.0 Å². The lowest BCUT2D eigenvalue weighted by molar-refractivity contribution is 0.236. The maximum absolute atomic E-state index is 12.2. The third-order valence-corrected chi connectivity index (χ3v) is 4.51. The zero-order valence-electron chi connectivity index (χ0n) is 13.6. The molecule has 23 heavy (non-hydrogen) atoms. The highest BCUT2D eigenvalue weighted by Crippen LogP contribution is 2.28. The predicted molar refractivity (Wildman–Crippen MR) is 90.2 cm³/mol. The minimum Gasteiger partial charge on any atom is -0.338 e. The van der Waals surface area contributed by atoms with E-state index in [1.165, 1.54) is 17.5 Å². The van der Waals surface area contributed by atoms with Gasteiger partial charge in [-0.2, -0.15) is 5.10 Å². The Morgan fingerprint density at radius 3 is 3.00 bits per heavy atom. The molecule has 0 saturated carbocycles. The largest absolute Gasteiger partial charge is 0.338 e. The van der Waals surface area contributed by atoms with Crippen LogP contribution in [0.25, 0.3) is 0 Å². The molecule has 0 saturated heterocycles. The maximum Gasteiger partial charge on any atom is 0.315 e. The van der Waals surface area contributed by atoms with Gasteiger partial charge in [-0.15, -0.1) is 0 Å². The van der Waals surface area contributed by atoms with Crippen LogP contribution in [-0.4, -0.2) is 22.4 Å². The molecule has 1 aromatic heterocycles. The van der Waals surface area contributed by atoms with Crippen molar-refractivity contribution in [3.05, 3.63) is 53.3 Å². The number of fused-ring (bicyclic) bond motifs is 1. The number of aromatic nitrogens is 2. The number of hydrogen-bond donors (Lipinski definition) is 2. The highest BCUT2D eigenvalue weighted by Gasteiger charge is 2.19. The lowest BCUT2D eigenvalue weighted by Crippen LogP contribution is -2.39. The van der Waals surface area contributed by atoms with Crippen molar-refractivity contribution in [2.24, 2.45) is 7.05 Å². The molecule has 2 aromatic rings. The van der Waals surface area contributed by atoms with Gasteiger partial charge in [-0.3, -0.25) is 4.68 Å². The zero-order valence-corrected chi connectivity index (χ0v) is 13.6. The van der Waals surface area contributed by atoms with E-state index in [-0.39, 0.29) is 12.1 Å². The van der Waals surface area contributed by atoms with Crippen molar-refractivity contribution in [2.45, 2.75) is 38.1 Å². The monoisotopic (exact) mass is 312 g/mol. The first-order valence-electron chi connectivity index (χ1n) is 8.33. The number of rotatable bonds is 4. The van der Waals surface area contributed by atoms with E-state index in [1.54, 1.807) is 6.20 Å². The van der Waals surface area contributed by atoms with Crippen LogP contribution < -0.4 is 10.6 Å². The standard InChI is InChI=1S/C18H24N4O/c1-22-15(11-13-20-22)10-12-19-18(23)21-17-9-5-3-7-14-6-2-4-8-16(14)17/h2,4,6,8,11,13,17H,3,5,7,9-10,12H2,1H3,(H2,19,21,23)/t17-/m1/s1. The van der Waals surface area contributed by atoms with E-state index in [1.807, 2.05) is 17.8 Å². The summed E-state index contributed by atoms with van der Waals surface area (Å²) in [5.41, 5.74) is 3.75. The van der Waals surface area contributed by atoms with Crippen molar-refractivity contribution in [1.29, 1.82) is 0 Å². The Bertz CT molecular complexity index is 665. The summed E-state index contributed by atoms with van der Waals surface area (Å²) in [6, 6.07) is 10.5. The highest BCUT2D eigenvalue weighted by atomic mass is 16.2. The number of nitrogens with zero attached hydrogens (tertiary/aromatic N) is 2. The second kappa shape index (κ2) is 7.31. The van der Waals surface area contributed by atoms with Crippen LogP contribution in [0.2, 0.25) is 0 Å². The summed E-state index contributed by atoms with van der Waals surface area (Å²) >= 11 is 0. The molecule has 0 radical (unpaired) electrons. The zero-order chi connectivity index (χ0) is 16.1. The van der Waals surface area contributed by atoms with Gasteiger partial charge in [0, 0.05) is 31.9 Å². The van der Waals surface area contributed by atoms with Gasteiger partial charge in [0.1, 0.15) is 0 Å². The number of carbonyl (C=O) groups is 1. The fraction of sp³-hybridized carbons (Fsp3) is 0.444. The summed E-state index contributed by atoms with van der Waals surface area (Å²) in [7, 11) is 1.91. The summed E-state index contributed by atoms with van der Waals surface area (Å²) < 4.78 is 1.83. The van der Waals surface area contributed by atoms with Crippen LogP contribution in [0, 0.1) is 0 Å². The summed E-state index contributed by atoms with van der Waals surface area (Å²) in [4.78, 5) is 12.2. The lowest BCUT2D eigenvalue weighted by atomic mass is 9.99. The molecule has 0 unspecified atom stereocenters. The van der Waals surface area contributed by atoms with Crippen molar-refractivity contribution in [2.75, 3.05) is 6.54 Å². The molecule has 1 atom stereocenters. The van der Waals surface area contributed by atoms with Gasteiger partial charge in [0.25, 0.3) is 0 Å². The molecule has 0 spiro atoms. The van der Waals surface area contributed by atoms with Gasteiger partial charge < -0.3 is 10.6 Å². The first kappa shape index (κ1) is 15.6. The molecule has 5 nitrogen and oxygen atoms in total. The molecule has 0 bridgehead atoms. The van der Waals surface area contributed by atoms with Crippen LogP contribution in [0.4, 0.5) is 4.79 Å². The molecule has 0 fully saturated rings. The second-order valence-corrected chi connectivity index (χ2v) is 6.09. The normalized spacial score (nSPS) is 17.2. The third-order valence-electron chi connectivity index (χ3n) is 4.51. The van der Waals surface area contributed by atoms with Crippen LogP contribution in [0.1, 0.15) is 42.1 Å². The minimum atomic E-state index is -0.0890. The van der Waals surface area contributed by atoms with Gasteiger partial charge in [0.15, 0.2) is 0 Å². The topological polar surface area (TPSA) is 59.0 Å². The van der Waals surface area contributed by atoms with E-state index < -0.39 is 0 Å². The van der Waals surface area contributed by atoms with Crippen molar-refractivity contribution in [3.63, 3.8) is 0 Å². The third kappa shape index (κ3) is 3.92. The number of carbonyl (C=O) groups excluding carboxylic acids is 1. The molecule has 0 aliphatic heterocycles. The SMILES string of the molecule is Cn1nccc1CCNC(=O)N[C@@H]1CCCCc2ccccc21. The number of hydrogen-bond acceptors (Lipinski definition) is 2. The second-order valence-electron chi connectivity index (χ2n) is 6.09. The minimum absolute atomic E-state index is 0.0890. The van der Waals surface area contributed by atoms with E-state index in [0.29, 0.717) is 6.54 Å². The van der Waals surface area contributed by atoms with Gasteiger partial charge in [-0.1, -0.05) is 30.7 Å². The van der Waals surface area contributed by atoms with Crippen molar-refractivity contribution >= 4 is 6.03 Å². The molecule has 3 rings (SSSR count). The first-order chi connectivity index (χ1) is 11.2. The van der Waals surface area contributed by atoms with E-state index in [0.717, 1.165) is 31.4 Å².